The SMILES string of the molecule is CC1CN(C(=O)CSC[C@@H](N)C(=O)O)CC(C)O1. The average molecular weight is 276 g/mol. The van der Waals surface area contributed by atoms with Gasteiger partial charge in [0, 0.05) is 18.8 Å². The Kier molecular flexibility index (Phi) is 5.90. The summed E-state index contributed by atoms with van der Waals surface area (Å²) < 4.78 is 5.54. The van der Waals surface area contributed by atoms with E-state index in [1.807, 2.05) is 13.8 Å². The number of morpholine rings is 1. The maximum absolute atomic E-state index is 11.9. The first-order valence-corrected chi connectivity index (χ1v) is 7.05. The van der Waals surface area contributed by atoms with Crippen molar-refractivity contribution in [3.8, 4) is 0 Å². The number of carboxylic acid groups (broad SMARTS) is 1. The maximum Gasteiger partial charge on any atom is 0.321 e. The molecule has 1 saturated heterocycles. The Labute approximate surface area is 111 Å². The molecule has 1 fully saturated rings. The van der Waals surface area contributed by atoms with E-state index >= 15 is 0 Å². The first kappa shape index (κ1) is 15.3. The van der Waals surface area contributed by atoms with E-state index in [0.717, 1.165) is 0 Å². The van der Waals surface area contributed by atoms with Gasteiger partial charge in [0.15, 0.2) is 0 Å². The molecule has 1 heterocycles. The molecule has 7 heteroatoms. The Morgan fingerprint density at radius 1 is 1.44 bits per heavy atom. The van der Waals surface area contributed by atoms with Crippen LogP contribution in [0, 0.1) is 0 Å². The Hall–Kier alpha value is -0.790. The summed E-state index contributed by atoms with van der Waals surface area (Å²) in [5, 5.41) is 8.62. The standard InChI is InChI=1S/C11H20N2O4S/c1-7-3-13(4-8(2)17-7)10(14)6-18-5-9(12)11(15)16/h7-9H,3-6,12H2,1-2H3,(H,15,16)/t7?,8?,9-/m1/s1. The van der Waals surface area contributed by atoms with Gasteiger partial charge in [-0.25, -0.2) is 0 Å². The number of thioether (sulfide) groups is 1. The lowest BCUT2D eigenvalue weighted by Gasteiger charge is -2.35. The fourth-order valence-corrected chi connectivity index (χ4v) is 2.69. The monoisotopic (exact) mass is 276 g/mol. The molecule has 3 N–H and O–H groups in total. The third-order valence-corrected chi connectivity index (χ3v) is 3.66. The van der Waals surface area contributed by atoms with Gasteiger partial charge in [-0.3, -0.25) is 9.59 Å². The van der Waals surface area contributed by atoms with Crippen molar-refractivity contribution in [3.05, 3.63) is 0 Å². The summed E-state index contributed by atoms with van der Waals surface area (Å²) in [4.78, 5) is 24.2. The highest BCUT2D eigenvalue weighted by molar-refractivity contribution is 8.00. The lowest BCUT2D eigenvalue weighted by atomic mass is 10.2. The third-order valence-electron chi connectivity index (χ3n) is 2.61. The van der Waals surface area contributed by atoms with Crippen molar-refractivity contribution in [3.63, 3.8) is 0 Å². The van der Waals surface area contributed by atoms with Crippen LogP contribution in [0.5, 0.6) is 0 Å². The van der Waals surface area contributed by atoms with Gasteiger partial charge >= 0.3 is 5.97 Å². The molecule has 104 valence electrons. The largest absolute Gasteiger partial charge is 0.480 e. The van der Waals surface area contributed by atoms with Gasteiger partial charge in [0.2, 0.25) is 5.91 Å². The number of hydrogen-bond donors (Lipinski definition) is 2. The molecule has 0 saturated carbocycles. The van der Waals surface area contributed by atoms with Gasteiger partial charge in [0.25, 0.3) is 0 Å². The van der Waals surface area contributed by atoms with Gasteiger partial charge in [-0.15, -0.1) is 11.8 Å². The number of carbonyl (C=O) groups is 2. The number of carbonyl (C=O) groups excluding carboxylic acids is 1. The first-order chi connectivity index (χ1) is 8.40. The molecule has 0 aromatic rings. The van der Waals surface area contributed by atoms with Crippen LogP contribution < -0.4 is 5.73 Å². The molecule has 18 heavy (non-hydrogen) atoms. The van der Waals surface area contributed by atoms with Crippen LogP contribution in [0.3, 0.4) is 0 Å². The van der Waals surface area contributed by atoms with Crippen molar-refractivity contribution in [2.45, 2.75) is 32.1 Å². The number of nitrogens with two attached hydrogens (primary N) is 1. The van der Waals surface area contributed by atoms with Crippen molar-refractivity contribution in [2.24, 2.45) is 5.73 Å². The highest BCUT2D eigenvalue weighted by atomic mass is 32.2. The van der Waals surface area contributed by atoms with Crippen LogP contribution in [0.25, 0.3) is 0 Å². The van der Waals surface area contributed by atoms with Gasteiger partial charge in [-0.05, 0) is 13.8 Å². The molecule has 1 aliphatic heterocycles. The quantitative estimate of drug-likeness (QED) is 0.720. The van der Waals surface area contributed by atoms with E-state index < -0.39 is 12.0 Å². The molecule has 2 unspecified atom stereocenters. The number of carboxylic acids is 1. The van der Waals surface area contributed by atoms with Crippen molar-refractivity contribution in [1.82, 2.24) is 4.90 Å². The average Bonchev–Trinajstić information content (AvgIpc) is 2.27. The van der Waals surface area contributed by atoms with Crippen molar-refractivity contribution in [1.29, 1.82) is 0 Å². The minimum Gasteiger partial charge on any atom is -0.480 e. The Morgan fingerprint density at radius 2 is 2.00 bits per heavy atom. The van der Waals surface area contributed by atoms with Crippen molar-refractivity contribution in [2.75, 3.05) is 24.6 Å². The minimum absolute atomic E-state index is 0.0135. The van der Waals surface area contributed by atoms with Gasteiger partial charge in [0.1, 0.15) is 6.04 Å². The second-order valence-electron chi connectivity index (χ2n) is 4.52. The molecule has 0 aromatic heterocycles. The highest BCUT2D eigenvalue weighted by Crippen LogP contribution is 2.13. The summed E-state index contributed by atoms with van der Waals surface area (Å²) in [5.74, 6) is -0.514. The van der Waals surface area contributed by atoms with E-state index in [1.54, 1.807) is 4.90 Å². The Balaban J connectivity index is 2.30. The number of rotatable bonds is 5. The molecule has 0 radical (unpaired) electrons. The van der Waals surface area contributed by atoms with Crippen LogP contribution in [0.4, 0.5) is 0 Å². The molecule has 0 spiro atoms. The van der Waals surface area contributed by atoms with E-state index in [4.69, 9.17) is 15.6 Å². The second kappa shape index (κ2) is 6.96. The van der Waals surface area contributed by atoms with Crippen LogP contribution in [-0.4, -0.2) is 64.7 Å². The first-order valence-electron chi connectivity index (χ1n) is 5.89. The Bertz CT molecular complexity index is 303. The lowest BCUT2D eigenvalue weighted by Crippen LogP contribution is -2.48. The van der Waals surface area contributed by atoms with E-state index in [1.165, 1.54) is 11.8 Å². The molecule has 0 aliphatic carbocycles. The maximum atomic E-state index is 11.9. The van der Waals surface area contributed by atoms with Gasteiger partial charge in [-0.2, -0.15) is 0 Å². The molecule has 0 bridgehead atoms. The highest BCUT2D eigenvalue weighted by Gasteiger charge is 2.25. The molecular formula is C11H20N2O4S. The normalized spacial score (nSPS) is 25.8. The minimum atomic E-state index is -1.04. The number of aliphatic carboxylic acids is 1. The second-order valence-corrected chi connectivity index (χ2v) is 5.55. The van der Waals surface area contributed by atoms with Gasteiger partial charge in [-0.1, -0.05) is 0 Å². The molecule has 1 amide bonds. The topological polar surface area (TPSA) is 92.9 Å². The number of ether oxygens (including phenoxy) is 1. The zero-order chi connectivity index (χ0) is 13.7. The molecule has 0 aromatic carbocycles. The van der Waals surface area contributed by atoms with Crippen LogP contribution >= 0.6 is 11.8 Å². The zero-order valence-corrected chi connectivity index (χ0v) is 11.5. The summed E-state index contributed by atoms with van der Waals surface area (Å²) in [6.07, 6.45) is 0.0907. The smallest absolute Gasteiger partial charge is 0.321 e. The van der Waals surface area contributed by atoms with E-state index in [0.29, 0.717) is 13.1 Å². The summed E-state index contributed by atoms with van der Waals surface area (Å²) >= 11 is 1.26. The predicted molar refractivity (Wildman–Crippen MR) is 69.5 cm³/mol. The predicted octanol–water partition coefficient (Wildman–Crippen LogP) is -0.233. The number of nitrogens with zero attached hydrogens (tertiary/aromatic N) is 1. The van der Waals surface area contributed by atoms with E-state index in [9.17, 15) is 9.59 Å². The molecule has 6 nitrogen and oxygen atoms in total. The van der Waals surface area contributed by atoms with E-state index in [2.05, 4.69) is 0 Å². The van der Waals surface area contributed by atoms with Crippen LogP contribution in [0.2, 0.25) is 0 Å². The molecule has 1 rings (SSSR count). The summed E-state index contributed by atoms with van der Waals surface area (Å²) in [5.41, 5.74) is 5.36. The summed E-state index contributed by atoms with van der Waals surface area (Å²) in [7, 11) is 0. The molecular weight excluding hydrogens is 256 g/mol. The fourth-order valence-electron chi connectivity index (χ4n) is 1.82. The van der Waals surface area contributed by atoms with Crippen LogP contribution in [0.1, 0.15) is 13.8 Å². The summed E-state index contributed by atoms with van der Waals surface area (Å²) in [6.45, 7) is 5.05. The van der Waals surface area contributed by atoms with Crippen molar-refractivity contribution >= 4 is 23.6 Å². The van der Waals surface area contributed by atoms with E-state index in [-0.39, 0.29) is 29.6 Å². The van der Waals surface area contributed by atoms with Gasteiger partial charge in [0.05, 0.1) is 18.0 Å². The fraction of sp³-hybridized carbons (Fsp3) is 0.818. The number of hydrogen-bond acceptors (Lipinski definition) is 5. The molecule has 3 atom stereocenters. The lowest BCUT2D eigenvalue weighted by molar-refractivity contribution is -0.140. The summed E-state index contributed by atoms with van der Waals surface area (Å²) in [6, 6.07) is -0.912. The Morgan fingerprint density at radius 3 is 2.50 bits per heavy atom. The van der Waals surface area contributed by atoms with Crippen LogP contribution in [-0.2, 0) is 14.3 Å². The zero-order valence-electron chi connectivity index (χ0n) is 10.7. The number of amides is 1. The van der Waals surface area contributed by atoms with Crippen molar-refractivity contribution < 1.29 is 19.4 Å². The third kappa shape index (κ3) is 4.83. The molecule has 1 aliphatic rings. The van der Waals surface area contributed by atoms with Crippen LogP contribution in [0.15, 0.2) is 0 Å². The van der Waals surface area contributed by atoms with Gasteiger partial charge < -0.3 is 20.5 Å².